The van der Waals surface area contributed by atoms with E-state index in [2.05, 4.69) is 6.08 Å². The first-order chi connectivity index (χ1) is 12.9. The molecule has 0 N–H and O–H groups in total. The zero-order valence-electron chi connectivity index (χ0n) is 15.1. The molecule has 0 aliphatic carbocycles. The van der Waals surface area contributed by atoms with Crippen molar-refractivity contribution in [3.8, 4) is 0 Å². The molecule has 2 atom stereocenters. The topological polar surface area (TPSA) is 0 Å². The molecule has 0 aromatic heterocycles. The number of hydrogen-bond donors (Lipinski definition) is 0. The van der Waals surface area contributed by atoms with Gasteiger partial charge in [0.15, 0.2) is 0 Å². The van der Waals surface area contributed by atoms with Crippen molar-refractivity contribution in [2.75, 3.05) is 0 Å². The summed E-state index contributed by atoms with van der Waals surface area (Å²) in [5.41, 5.74) is -0.0790. The van der Waals surface area contributed by atoms with E-state index >= 15 is 0 Å². The van der Waals surface area contributed by atoms with Crippen molar-refractivity contribution in [3.05, 3.63) is 82.9 Å². The van der Waals surface area contributed by atoms with Crippen LogP contribution in [0.15, 0.2) is 60.7 Å². The van der Waals surface area contributed by atoms with Crippen LogP contribution < -0.4 is 0 Å². The average molecular weight is 463 g/mol. The number of hydrogen-bond acceptors (Lipinski definition) is 0. The summed E-state index contributed by atoms with van der Waals surface area (Å²) in [6.07, 6.45) is -4.80. The van der Waals surface area contributed by atoms with Gasteiger partial charge in [0.05, 0.1) is 0 Å². The number of benzene rings is 2. The summed E-state index contributed by atoms with van der Waals surface area (Å²) in [4.78, 5) is 0.202. The Bertz CT molecular complexity index is 789. The third-order valence-corrected chi connectivity index (χ3v) is 8.62. The molecule has 2 aromatic carbocycles. The van der Waals surface area contributed by atoms with Gasteiger partial charge in [-0.05, 0) is 0 Å². The van der Waals surface area contributed by atoms with Gasteiger partial charge in [0.25, 0.3) is 0 Å². The Kier molecular flexibility index (Phi) is 5.45. The molecule has 0 unspecified atom stereocenters. The molecule has 0 amide bonds. The number of halogens is 6. The maximum absolute atomic E-state index is 13.0. The molecular formula is C21H18F6Se. The summed E-state index contributed by atoms with van der Waals surface area (Å²) in [6.45, 7) is 3.98. The SMILES string of the molecule is C[C@@H]1C=C[C@H](C)C(c2ccc(C(F)(F)F)cc2)(c2ccc(C(F)(F)F)cc2)[Se]1. The van der Waals surface area contributed by atoms with Crippen LogP contribution >= 0.6 is 0 Å². The Morgan fingerprint density at radius 1 is 0.679 bits per heavy atom. The molecule has 0 bridgehead atoms. The third kappa shape index (κ3) is 3.87. The van der Waals surface area contributed by atoms with Gasteiger partial charge in [-0.3, -0.25) is 0 Å². The first-order valence-electron chi connectivity index (χ1n) is 8.66. The van der Waals surface area contributed by atoms with Gasteiger partial charge in [-0.25, -0.2) is 0 Å². The fraction of sp³-hybridized carbons (Fsp3) is 0.333. The Hall–Kier alpha value is -1.72. The maximum atomic E-state index is 13.0. The first-order valence-corrected chi connectivity index (χ1v) is 10.5. The zero-order chi connectivity index (χ0) is 20.7. The molecule has 0 saturated carbocycles. The van der Waals surface area contributed by atoms with Crippen LogP contribution in [0.25, 0.3) is 0 Å². The van der Waals surface area contributed by atoms with E-state index in [1.54, 1.807) is 0 Å². The molecule has 7 heteroatoms. The summed E-state index contributed by atoms with van der Waals surface area (Å²) in [6, 6.07) is 10.0. The zero-order valence-corrected chi connectivity index (χ0v) is 16.8. The molecule has 150 valence electrons. The van der Waals surface area contributed by atoms with Crippen molar-refractivity contribution in [2.24, 2.45) is 5.92 Å². The first kappa shape index (κ1) is 21.0. The summed E-state index contributed by atoms with van der Waals surface area (Å²) < 4.78 is 77.1. The second-order valence-corrected chi connectivity index (χ2v) is 10.3. The molecule has 0 spiro atoms. The van der Waals surface area contributed by atoms with Crippen LogP contribution in [-0.4, -0.2) is 15.0 Å². The van der Waals surface area contributed by atoms with E-state index in [9.17, 15) is 26.3 Å². The van der Waals surface area contributed by atoms with E-state index in [0.717, 1.165) is 24.3 Å². The van der Waals surface area contributed by atoms with Crippen LogP contribution in [0.1, 0.15) is 36.1 Å². The van der Waals surface area contributed by atoms with Crippen LogP contribution in [0.4, 0.5) is 26.3 Å². The molecule has 2 aromatic rings. The summed E-state index contributed by atoms with van der Waals surface area (Å²) >= 11 is -0.0966. The molecule has 0 nitrogen and oxygen atoms in total. The Morgan fingerprint density at radius 3 is 1.43 bits per heavy atom. The van der Waals surface area contributed by atoms with E-state index in [1.165, 1.54) is 24.3 Å². The van der Waals surface area contributed by atoms with Gasteiger partial charge in [-0.1, -0.05) is 0 Å². The van der Waals surface area contributed by atoms with Crippen molar-refractivity contribution < 1.29 is 26.3 Å². The average Bonchev–Trinajstić information content (AvgIpc) is 2.62. The van der Waals surface area contributed by atoms with Gasteiger partial charge in [0.1, 0.15) is 0 Å². The van der Waals surface area contributed by atoms with E-state index in [-0.39, 0.29) is 25.7 Å². The standard InChI is InChI=1S/C21H18F6Se/c1-13-3-4-14(2)28-19(13,15-5-9-17(10-6-15)20(22,23)24)16-7-11-18(12-8-16)21(25,26)27/h3-14H,1-2H3/t13-,14+/m0/s1. The van der Waals surface area contributed by atoms with Gasteiger partial charge in [0, 0.05) is 0 Å². The van der Waals surface area contributed by atoms with E-state index in [4.69, 9.17) is 0 Å². The molecule has 0 fully saturated rings. The van der Waals surface area contributed by atoms with E-state index < -0.39 is 27.8 Å². The van der Waals surface area contributed by atoms with Crippen molar-refractivity contribution in [2.45, 2.75) is 35.3 Å². The van der Waals surface area contributed by atoms with Gasteiger partial charge in [-0.15, -0.1) is 0 Å². The second kappa shape index (κ2) is 7.27. The predicted molar refractivity (Wildman–Crippen MR) is 97.2 cm³/mol. The van der Waals surface area contributed by atoms with Crippen LogP contribution in [0, 0.1) is 5.92 Å². The van der Waals surface area contributed by atoms with Crippen molar-refractivity contribution >= 4 is 15.0 Å². The minimum absolute atomic E-state index is 0.0582. The van der Waals surface area contributed by atoms with Gasteiger partial charge >= 0.3 is 165 Å². The number of rotatable bonds is 2. The van der Waals surface area contributed by atoms with Crippen molar-refractivity contribution in [1.82, 2.24) is 0 Å². The summed E-state index contributed by atoms with van der Waals surface area (Å²) in [5.74, 6) is -0.0582. The van der Waals surface area contributed by atoms with Crippen molar-refractivity contribution in [1.29, 1.82) is 0 Å². The fourth-order valence-electron chi connectivity index (χ4n) is 3.54. The quantitative estimate of drug-likeness (QED) is 0.265. The molecule has 3 rings (SSSR count). The van der Waals surface area contributed by atoms with Gasteiger partial charge in [0.2, 0.25) is 0 Å². The van der Waals surface area contributed by atoms with Crippen LogP contribution in [0.2, 0.25) is 4.82 Å². The summed E-state index contributed by atoms with van der Waals surface area (Å²) in [7, 11) is 0. The molecule has 0 radical (unpaired) electrons. The minimum atomic E-state index is -4.43. The van der Waals surface area contributed by atoms with E-state index in [0.29, 0.717) is 11.1 Å². The van der Waals surface area contributed by atoms with Gasteiger partial charge < -0.3 is 0 Å². The Morgan fingerprint density at radius 2 is 1.07 bits per heavy atom. The van der Waals surface area contributed by atoms with Crippen LogP contribution in [0.5, 0.6) is 0 Å². The fourth-order valence-corrected chi connectivity index (χ4v) is 6.88. The number of alkyl halides is 6. The van der Waals surface area contributed by atoms with E-state index in [1.807, 2.05) is 19.9 Å². The molecule has 28 heavy (non-hydrogen) atoms. The molecule has 0 saturated heterocycles. The monoisotopic (exact) mass is 464 g/mol. The molecular weight excluding hydrogens is 445 g/mol. The molecule has 1 aliphatic rings. The normalized spacial score (nSPS) is 22.3. The molecule has 1 aliphatic heterocycles. The second-order valence-electron chi connectivity index (χ2n) is 6.88. The third-order valence-electron chi connectivity index (χ3n) is 4.97. The van der Waals surface area contributed by atoms with Crippen LogP contribution in [-0.2, 0) is 16.7 Å². The van der Waals surface area contributed by atoms with Crippen LogP contribution in [0.3, 0.4) is 0 Å². The molecule has 1 heterocycles. The predicted octanol–water partition coefficient (Wildman–Crippen LogP) is 6.69. The van der Waals surface area contributed by atoms with Gasteiger partial charge in [-0.2, -0.15) is 0 Å². The van der Waals surface area contributed by atoms with Crippen molar-refractivity contribution in [3.63, 3.8) is 0 Å². The Balaban J connectivity index is 2.13. The summed E-state index contributed by atoms with van der Waals surface area (Å²) in [5, 5.41) is 0. The Labute approximate surface area is 165 Å². The number of allylic oxidation sites excluding steroid dienone is 2.